The molecule has 2 aliphatic rings. The molecule has 0 spiro atoms. The van der Waals surface area contributed by atoms with Gasteiger partial charge in [-0.2, -0.15) is 0 Å². The number of fused-ring (bicyclic) bond motifs is 1. The molecule has 12 heteroatoms. The predicted molar refractivity (Wildman–Crippen MR) is 204 cm³/mol. The molecule has 3 N–H and O–H groups in total. The molecule has 0 bridgehead atoms. The highest BCUT2D eigenvalue weighted by atomic mass is 16.5. The number of carbonyl (C=O) groups is 3. The van der Waals surface area contributed by atoms with Crippen LogP contribution in [0.15, 0.2) is 79.0 Å². The summed E-state index contributed by atoms with van der Waals surface area (Å²) in [4.78, 5) is 61.9. The predicted octanol–water partition coefficient (Wildman–Crippen LogP) is 6.63. The number of methoxy groups -OCH3 is 1. The summed E-state index contributed by atoms with van der Waals surface area (Å²) in [5.74, 6) is 1.41. The van der Waals surface area contributed by atoms with Crippen LogP contribution in [-0.2, 0) is 14.3 Å². The molecule has 2 fully saturated rings. The van der Waals surface area contributed by atoms with Gasteiger partial charge in [0.2, 0.25) is 11.8 Å². The normalized spacial score (nSPS) is 18.5. The molecule has 276 valence electrons. The molecule has 3 amide bonds. The quantitative estimate of drug-likeness (QED) is 0.147. The number of hydrogen-bond donors (Lipinski definition) is 3. The molecule has 2 aromatic heterocycles. The topological polar surface area (TPSA) is 140 Å². The lowest BCUT2D eigenvalue weighted by Gasteiger charge is -2.31. The van der Waals surface area contributed by atoms with E-state index in [0.717, 1.165) is 76.3 Å². The molecular weight excluding hydrogens is 669 g/mol. The number of likely N-dealkylation sites (tertiary alicyclic amines) is 2. The minimum Gasteiger partial charge on any atom is -0.453 e. The Hall–Kier alpha value is -5.49. The van der Waals surface area contributed by atoms with Gasteiger partial charge in [-0.05, 0) is 80.1 Å². The van der Waals surface area contributed by atoms with Gasteiger partial charge in [0, 0.05) is 13.1 Å². The lowest BCUT2D eigenvalue weighted by Crippen LogP contribution is -2.51. The second kappa shape index (κ2) is 15.2. The van der Waals surface area contributed by atoms with E-state index in [4.69, 9.17) is 14.7 Å². The van der Waals surface area contributed by atoms with Crippen molar-refractivity contribution in [3.63, 3.8) is 0 Å². The smallest absolute Gasteiger partial charge is 0.407 e. The number of nitrogens with one attached hydrogen (secondary N) is 3. The largest absolute Gasteiger partial charge is 0.453 e. The number of hydrogen-bond acceptors (Lipinski definition) is 7. The first-order chi connectivity index (χ1) is 25.6. The number of rotatable bonds is 10. The van der Waals surface area contributed by atoms with Crippen LogP contribution < -0.4 is 5.32 Å². The highest BCUT2D eigenvalue weighted by molar-refractivity contribution is 5.87. The fourth-order valence-corrected chi connectivity index (χ4v) is 7.82. The Balaban J connectivity index is 1.06. The van der Waals surface area contributed by atoms with Crippen LogP contribution in [0.4, 0.5) is 4.79 Å². The average molecular weight is 717 g/mol. The number of benzene rings is 3. The lowest BCUT2D eigenvalue weighted by molar-refractivity contribution is -0.137. The van der Waals surface area contributed by atoms with Crippen LogP contribution in [0.1, 0.15) is 74.9 Å². The van der Waals surface area contributed by atoms with E-state index in [1.54, 1.807) is 0 Å². The minimum absolute atomic E-state index is 0.0918. The summed E-state index contributed by atoms with van der Waals surface area (Å²) in [6, 6.07) is 23.1. The maximum atomic E-state index is 13.9. The van der Waals surface area contributed by atoms with Crippen LogP contribution in [0, 0.1) is 5.92 Å². The summed E-state index contributed by atoms with van der Waals surface area (Å²) < 4.78 is 4.77. The van der Waals surface area contributed by atoms with Crippen molar-refractivity contribution in [3.8, 4) is 22.4 Å². The molecule has 12 nitrogen and oxygen atoms in total. The summed E-state index contributed by atoms with van der Waals surface area (Å²) in [6.45, 7) is 5.13. The zero-order chi connectivity index (χ0) is 37.2. The molecule has 5 aromatic rings. The Morgan fingerprint density at radius 3 is 2.13 bits per heavy atom. The van der Waals surface area contributed by atoms with Crippen LogP contribution in [0.2, 0.25) is 0 Å². The van der Waals surface area contributed by atoms with Gasteiger partial charge >= 0.3 is 6.09 Å². The van der Waals surface area contributed by atoms with E-state index in [1.165, 1.54) is 7.11 Å². The van der Waals surface area contributed by atoms with Gasteiger partial charge in [0.05, 0.1) is 42.1 Å². The molecular formula is C41H48N8O4. The number of aromatic amines is 2. The first-order valence-electron chi connectivity index (χ1n) is 18.4. The molecule has 4 atom stereocenters. The number of imidazole rings is 2. The molecule has 2 saturated heterocycles. The number of ether oxygens (including phenoxy) is 1. The molecule has 0 aliphatic carbocycles. The van der Waals surface area contributed by atoms with E-state index < -0.39 is 12.1 Å². The first kappa shape index (κ1) is 35.9. The lowest BCUT2D eigenvalue weighted by atomic mass is 10.0. The van der Waals surface area contributed by atoms with E-state index >= 15 is 0 Å². The number of carbonyl (C=O) groups excluding carboxylic acids is 3. The Labute approximate surface area is 309 Å². The van der Waals surface area contributed by atoms with Gasteiger partial charge in [-0.25, -0.2) is 14.8 Å². The molecule has 0 saturated carbocycles. The molecule has 7 rings (SSSR count). The number of H-pyrrole nitrogens is 2. The summed E-state index contributed by atoms with van der Waals surface area (Å²) >= 11 is 0. The van der Waals surface area contributed by atoms with E-state index in [9.17, 15) is 14.4 Å². The summed E-state index contributed by atoms with van der Waals surface area (Å²) in [7, 11) is 5.20. The van der Waals surface area contributed by atoms with Crippen molar-refractivity contribution in [1.29, 1.82) is 0 Å². The van der Waals surface area contributed by atoms with Crippen molar-refractivity contribution in [1.82, 2.24) is 40.0 Å². The third kappa shape index (κ3) is 7.28. The second-order valence-electron chi connectivity index (χ2n) is 14.6. The van der Waals surface area contributed by atoms with E-state index in [2.05, 4.69) is 51.7 Å². The van der Waals surface area contributed by atoms with Crippen LogP contribution >= 0.6 is 0 Å². The second-order valence-corrected chi connectivity index (χ2v) is 14.6. The fraction of sp³-hybridized carbons (Fsp3) is 0.390. The van der Waals surface area contributed by atoms with Gasteiger partial charge in [-0.3, -0.25) is 14.5 Å². The van der Waals surface area contributed by atoms with Crippen molar-refractivity contribution in [3.05, 3.63) is 96.2 Å². The number of alkyl carbamates (subject to hydrolysis) is 1. The van der Waals surface area contributed by atoms with Crippen LogP contribution in [0.5, 0.6) is 0 Å². The van der Waals surface area contributed by atoms with Crippen molar-refractivity contribution >= 4 is 28.9 Å². The number of amides is 3. The Bertz CT molecular complexity index is 2070. The van der Waals surface area contributed by atoms with Crippen LogP contribution in [-0.4, -0.2) is 92.9 Å². The van der Waals surface area contributed by atoms with Crippen molar-refractivity contribution in [2.24, 2.45) is 5.92 Å². The Morgan fingerprint density at radius 1 is 0.830 bits per heavy atom. The third-order valence-corrected chi connectivity index (χ3v) is 10.6. The number of likely N-dealkylation sites (N-methyl/N-ethyl adjacent to an activating group) is 1. The molecule has 4 heterocycles. The van der Waals surface area contributed by atoms with Gasteiger partial charge < -0.3 is 29.8 Å². The standard InChI is InChI=1S/C41H48N8O4/c1-25(2)35(46-41(52)53-5)39(50)48-21-10-14-34(48)38-43-30-20-19-29(23-31(30)44-38)26-15-17-27(18-16-26)32-24-42-37(45-32)33-13-9-22-49(33)40(51)36(47(3)4)28-11-7-6-8-12-28/h6-8,11-12,15-20,23-25,33-36H,9-10,13-14,21-22H2,1-5H3,(H,42,45)(H,43,44)(H,46,52)/t33-,34-,35-,36-/m0/s1. The SMILES string of the molecule is COC(=O)N[C@H](C(=O)N1CCC[C@H]1c1nc2ccc(-c3ccc(-c4cnc([C@@H]5CCCN5C(=O)[C@H](c5ccccc5)N(C)C)[nH]4)cc3)cc2[nH]1)C(C)C. The van der Waals surface area contributed by atoms with E-state index in [1.807, 2.05) is 85.2 Å². The third-order valence-electron chi connectivity index (χ3n) is 10.6. The molecule has 0 radical (unpaired) electrons. The van der Waals surface area contributed by atoms with Gasteiger partial charge in [0.15, 0.2) is 0 Å². The highest BCUT2D eigenvalue weighted by Gasteiger charge is 2.38. The van der Waals surface area contributed by atoms with Gasteiger partial charge in [0.25, 0.3) is 0 Å². The number of aromatic nitrogens is 4. The summed E-state index contributed by atoms with van der Waals surface area (Å²) in [5.41, 5.74) is 6.73. The van der Waals surface area contributed by atoms with Gasteiger partial charge in [0.1, 0.15) is 23.7 Å². The van der Waals surface area contributed by atoms with Crippen molar-refractivity contribution < 1.29 is 19.1 Å². The molecule has 3 aromatic carbocycles. The zero-order valence-corrected chi connectivity index (χ0v) is 31.0. The first-order valence-corrected chi connectivity index (χ1v) is 18.4. The molecule has 53 heavy (non-hydrogen) atoms. The molecule has 2 aliphatic heterocycles. The fourth-order valence-electron chi connectivity index (χ4n) is 7.82. The minimum atomic E-state index is -0.683. The maximum Gasteiger partial charge on any atom is 0.407 e. The van der Waals surface area contributed by atoms with Crippen molar-refractivity contribution in [2.45, 2.75) is 63.7 Å². The van der Waals surface area contributed by atoms with Gasteiger partial charge in [-0.1, -0.05) is 74.5 Å². The average Bonchev–Trinajstić information content (AvgIpc) is 3.99. The Kier molecular flexibility index (Phi) is 10.3. The number of nitrogens with zero attached hydrogens (tertiary/aromatic N) is 5. The molecule has 0 unspecified atom stereocenters. The van der Waals surface area contributed by atoms with Gasteiger partial charge in [-0.15, -0.1) is 0 Å². The van der Waals surface area contributed by atoms with E-state index in [0.29, 0.717) is 13.1 Å². The van der Waals surface area contributed by atoms with Crippen LogP contribution in [0.25, 0.3) is 33.4 Å². The Morgan fingerprint density at radius 2 is 1.47 bits per heavy atom. The highest BCUT2D eigenvalue weighted by Crippen LogP contribution is 2.36. The van der Waals surface area contributed by atoms with E-state index in [-0.39, 0.29) is 35.9 Å². The van der Waals surface area contributed by atoms with Crippen LogP contribution in [0.3, 0.4) is 0 Å². The van der Waals surface area contributed by atoms with Crippen molar-refractivity contribution in [2.75, 3.05) is 34.3 Å². The monoisotopic (exact) mass is 716 g/mol. The zero-order valence-electron chi connectivity index (χ0n) is 31.0. The summed E-state index contributed by atoms with van der Waals surface area (Å²) in [6.07, 6.45) is 4.68. The summed E-state index contributed by atoms with van der Waals surface area (Å²) in [5, 5.41) is 2.71. The maximum absolute atomic E-state index is 13.9.